The first-order chi connectivity index (χ1) is 17.5. The lowest BCUT2D eigenvalue weighted by atomic mass is 9.94. The molecule has 0 N–H and O–H groups in total. The quantitative estimate of drug-likeness (QED) is 0.330. The van der Waals surface area contributed by atoms with Crippen LogP contribution in [0.1, 0.15) is 43.1 Å². The maximum absolute atomic E-state index is 13.6. The van der Waals surface area contributed by atoms with Crippen LogP contribution in [0.4, 0.5) is 5.69 Å². The molecule has 0 aromatic heterocycles. The highest BCUT2D eigenvalue weighted by Crippen LogP contribution is 2.31. The van der Waals surface area contributed by atoms with Crippen LogP contribution in [0.15, 0.2) is 84.9 Å². The molecule has 1 aliphatic rings. The van der Waals surface area contributed by atoms with Gasteiger partial charge in [0.1, 0.15) is 5.75 Å². The summed E-state index contributed by atoms with van der Waals surface area (Å²) >= 11 is 0. The average Bonchev–Trinajstić information content (AvgIpc) is 2.91. The Kier molecular flexibility index (Phi) is 6.25. The molecular weight excluding hydrogens is 452 g/mol. The summed E-state index contributed by atoms with van der Waals surface area (Å²) in [6.45, 7) is 2.43. The minimum absolute atomic E-state index is 0.172. The molecule has 6 heteroatoms. The van der Waals surface area contributed by atoms with Gasteiger partial charge in [-0.25, -0.2) is 0 Å². The van der Waals surface area contributed by atoms with E-state index in [-0.39, 0.29) is 24.3 Å². The van der Waals surface area contributed by atoms with Crippen molar-refractivity contribution in [2.75, 3.05) is 25.1 Å². The minimum atomic E-state index is -0.307. The van der Waals surface area contributed by atoms with Crippen molar-refractivity contribution in [1.29, 1.82) is 0 Å². The first kappa shape index (κ1) is 23.3. The van der Waals surface area contributed by atoms with Gasteiger partial charge in [0.2, 0.25) is 0 Å². The van der Waals surface area contributed by atoms with Crippen molar-refractivity contribution in [2.24, 2.45) is 0 Å². The number of nitrogens with zero attached hydrogens (tertiary/aromatic N) is 2. The normalized spacial score (nSPS) is 12.7. The number of imide groups is 1. The van der Waals surface area contributed by atoms with Crippen LogP contribution < -0.4 is 9.64 Å². The highest BCUT2D eigenvalue weighted by molar-refractivity contribution is 6.25. The lowest BCUT2D eigenvalue weighted by Crippen LogP contribution is -2.42. The van der Waals surface area contributed by atoms with E-state index >= 15 is 0 Å². The van der Waals surface area contributed by atoms with E-state index in [2.05, 4.69) is 0 Å². The third kappa shape index (κ3) is 4.11. The van der Waals surface area contributed by atoms with Gasteiger partial charge >= 0.3 is 0 Å². The van der Waals surface area contributed by atoms with E-state index in [0.717, 1.165) is 10.9 Å². The first-order valence-corrected chi connectivity index (χ1v) is 11.9. The molecule has 0 saturated heterocycles. The lowest BCUT2D eigenvalue weighted by molar-refractivity contribution is 0.0610. The van der Waals surface area contributed by atoms with Gasteiger partial charge in [0.15, 0.2) is 0 Å². The van der Waals surface area contributed by atoms with E-state index in [1.165, 1.54) is 4.90 Å². The summed E-state index contributed by atoms with van der Waals surface area (Å²) in [5.74, 6) is -0.213. The fourth-order valence-corrected chi connectivity index (χ4v) is 4.79. The van der Waals surface area contributed by atoms with Crippen LogP contribution in [0.5, 0.6) is 5.75 Å². The van der Waals surface area contributed by atoms with E-state index in [1.54, 1.807) is 36.3 Å². The Morgan fingerprint density at radius 1 is 0.861 bits per heavy atom. The van der Waals surface area contributed by atoms with Gasteiger partial charge in [-0.1, -0.05) is 54.1 Å². The molecular formula is C30H26N2O4. The van der Waals surface area contributed by atoms with Gasteiger partial charge < -0.3 is 9.64 Å². The van der Waals surface area contributed by atoms with Gasteiger partial charge in [0.25, 0.3) is 17.7 Å². The average molecular weight is 479 g/mol. The molecule has 0 atom stereocenters. The van der Waals surface area contributed by atoms with Crippen molar-refractivity contribution in [3.05, 3.63) is 107 Å². The molecule has 4 aromatic rings. The van der Waals surface area contributed by atoms with Gasteiger partial charge in [0, 0.05) is 35.2 Å². The van der Waals surface area contributed by atoms with Crippen LogP contribution in [-0.2, 0) is 0 Å². The predicted molar refractivity (Wildman–Crippen MR) is 140 cm³/mol. The number of ether oxygens (including phenoxy) is 1. The molecule has 4 aromatic carbocycles. The van der Waals surface area contributed by atoms with Gasteiger partial charge in [-0.05, 0) is 55.1 Å². The molecule has 3 amide bonds. The van der Waals surface area contributed by atoms with E-state index in [0.29, 0.717) is 46.5 Å². The van der Waals surface area contributed by atoms with Gasteiger partial charge in [-0.2, -0.15) is 0 Å². The first-order valence-electron chi connectivity index (χ1n) is 11.9. The van der Waals surface area contributed by atoms with E-state index in [9.17, 15) is 14.4 Å². The van der Waals surface area contributed by atoms with Gasteiger partial charge in [-0.15, -0.1) is 0 Å². The number of carbonyl (C=O) groups is 3. The van der Waals surface area contributed by atoms with Crippen molar-refractivity contribution in [3.63, 3.8) is 0 Å². The zero-order valence-electron chi connectivity index (χ0n) is 20.2. The number of aryl methyl sites for hydroxylation is 1. The molecule has 6 nitrogen and oxygen atoms in total. The fourth-order valence-electron chi connectivity index (χ4n) is 4.79. The smallest absolute Gasteiger partial charge is 0.261 e. The summed E-state index contributed by atoms with van der Waals surface area (Å²) in [6, 6.07) is 25.8. The largest absolute Gasteiger partial charge is 0.495 e. The topological polar surface area (TPSA) is 66.9 Å². The molecule has 0 spiro atoms. The second-order valence-electron chi connectivity index (χ2n) is 8.82. The Labute approximate surface area is 209 Å². The van der Waals surface area contributed by atoms with E-state index < -0.39 is 0 Å². The lowest BCUT2D eigenvalue weighted by Gasteiger charge is -2.29. The number of amides is 3. The number of hydrogen-bond donors (Lipinski definition) is 0. The zero-order chi connectivity index (χ0) is 25.2. The standard InChI is InChI=1S/C30H26N2O4/c1-20-9-5-12-22(19-20)28(33)31(25-15-3-4-16-26(25)36-2)17-8-18-32-29(34)23-13-6-10-21-11-7-14-24(27(21)23)30(32)35/h3-7,9-16,19H,8,17-18H2,1-2H3. The Bertz CT molecular complexity index is 1440. The summed E-state index contributed by atoms with van der Waals surface area (Å²) in [4.78, 5) is 43.0. The second kappa shape index (κ2) is 9.66. The molecule has 0 fully saturated rings. The van der Waals surface area contributed by atoms with Gasteiger partial charge in [0.05, 0.1) is 12.8 Å². The number of methoxy groups -OCH3 is 1. The number of carbonyl (C=O) groups excluding carboxylic acids is 3. The van der Waals surface area contributed by atoms with Crippen LogP contribution >= 0.6 is 0 Å². The molecule has 1 aliphatic heterocycles. The zero-order valence-corrected chi connectivity index (χ0v) is 20.2. The van der Waals surface area contributed by atoms with Crippen molar-refractivity contribution in [3.8, 4) is 5.75 Å². The summed E-state index contributed by atoms with van der Waals surface area (Å²) in [7, 11) is 1.57. The van der Waals surface area contributed by atoms with Crippen molar-refractivity contribution in [1.82, 2.24) is 4.90 Å². The van der Waals surface area contributed by atoms with Crippen LogP contribution in [0.2, 0.25) is 0 Å². The summed E-state index contributed by atoms with van der Waals surface area (Å²) in [6.07, 6.45) is 0.408. The summed E-state index contributed by atoms with van der Waals surface area (Å²) < 4.78 is 5.53. The monoisotopic (exact) mass is 478 g/mol. The van der Waals surface area contributed by atoms with Crippen molar-refractivity contribution in [2.45, 2.75) is 13.3 Å². The SMILES string of the molecule is COc1ccccc1N(CCCN1C(=O)c2cccc3cccc(c23)C1=O)C(=O)c1cccc(C)c1. The highest BCUT2D eigenvalue weighted by Gasteiger charge is 2.32. The molecule has 36 heavy (non-hydrogen) atoms. The minimum Gasteiger partial charge on any atom is -0.495 e. The molecule has 180 valence electrons. The number of hydrogen-bond acceptors (Lipinski definition) is 4. The van der Waals surface area contributed by atoms with Gasteiger partial charge in [-0.3, -0.25) is 19.3 Å². The van der Waals surface area contributed by atoms with Crippen LogP contribution in [0.3, 0.4) is 0 Å². The Morgan fingerprint density at radius 3 is 2.19 bits per heavy atom. The molecule has 1 heterocycles. The number of benzene rings is 4. The van der Waals surface area contributed by atoms with E-state index in [1.807, 2.05) is 67.6 Å². The third-order valence-corrected chi connectivity index (χ3v) is 6.51. The number of rotatable bonds is 7. The maximum Gasteiger partial charge on any atom is 0.261 e. The maximum atomic E-state index is 13.6. The third-order valence-electron chi connectivity index (χ3n) is 6.51. The summed E-state index contributed by atoms with van der Waals surface area (Å²) in [5.41, 5.74) is 3.24. The fraction of sp³-hybridized carbons (Fsp3) is 0.167. The number of para-hydroxylation sites is 2. The van der Waals surface area contributed by atoms with Crippen LogP contribution in [-0.4, -0.2) is 42.8 Å². The Morgan fingerprint density at radius 2 is 1.53 bits per heavy atom. The molecule has 0 bridgehead atoms. The summed E-state index contributed by atoms with van der Waals surface area (Å²) in [5, 5.41) is 1.58. The van der Waals surface area contributed by atoms with Crippen LogP contribution in [0, 0.1) is 6.92 Å². The molecule has 5 rings (SSSR count). The predicted octanol–water partition coefficient (Wildman–Crippen LogP) is 5.49. The van der Waals surface area contributed by atoms with Crippen molar-refractivity contribution < 1.29 is 19.1 Å². The highest BCUT2D eigenvalue weighted by atomic mass is 16.5. The molecule has 0 saturated carbocycles. The molecule has 0 unspecified atom stereocenters. The Hall–Kier alpha value is -4.45. The second-order valence-corrected chi connectivity index (χ2v) is 8.82. The molecule has 0 aliphatic carbocycles. The van der Waals surface area contributed by atoms with E-state index in [4.69, 9.17) is 4.74 Å². The molecule has 0 radical (unpaired) electrons. The van der Waals surface area contributed by atoms with Crippen LogP contribution in [0.25, 0.3) is 10.8 Å². The number of anilines is 1. The Balaban J connectivity index is 1.41. The van der Waals surface area contributed by atoms with Crippen molar-refractivity contribution >= 4 is 34.2 Å².